The van der Waals surface area contributed by atoms with Crippen molar-refractivity contribution in [3.05, 3.63) is 138 Å². The smallest absolute Gasteiger partial charge is 0.214 e. The predicted molar refractivity (Wildman–Crippen MR) is 173 cm³/mol. The first-order valence-corrected chi connectivity index (χ1v) is 14.5. The molecule has 0 radical (unpaired) electrons. The average molecular weight is 615 g/mol. The molecule has 0 aliphatic heterocycles. The second kappa shape index (κ2) is 11.5. The average Bonchev–Trinajstić information content (AvgIpc) is 3.74. The van der Waals surface area contributed by atoms with Crippen molar-refractivity contribution in [1.29, 1.82) is 0 Å². The summed E-state index contributed by atoms with van der Waals surface area (Å²) < 4.78 is 37.8. The number of methoxy groups -OCH3 is 1. The van der Waals surface area contributed by atoms with E-state index in [-0.39, 0.29) is 23.6 Å². The summed E-state index contributed by atoms with van der Waals surface area (Å²) in [5, 5.41) is 4.46. The Morgan fingerprint density at radius 3 is 2.35 bits per heavy atom. The highest BCUT2D eigenvalue weighted by Gasteiger charge is 2.27. The topological polar surface area (TPSA) is 104 Å². The van der Waals surface area contributed by atoms with Crippen LogP contribution in [-0.2, 0) is 6.54 Å². The number of carbonyl (C=O) groups excluding carboxylic acids is 1. The molecular weight excluding hydrogens is 586 g/mol. The largest absolute Gasteiger partial charge is 0.497 e. The van der Waals surface area contributed by atoms with E-state index in [4.69, 9.17) is 10.5 Å². The van der Waals surface area contributed by atoms with E-state index in [2.05, 4.69) is 15.1 Å². The molecule has 0 saturated heterocycles. The quantitative estimate of drug-likeness (QED) is 0.174. The molecular formula is C36H28F2N6O2. The first kappa shape index (κ1) is 28.7. The third-order valence-electron chi connectivity index (χ3n) is 7.94. The Kier molecular flexibility index (Phi) is 7.17. The normalized spacial score (nSPS) is 11.3. The van der Waals surface area contributed by atoms with Crippen molar-refractivity contribution in [2.24, 2.45) is 0 Å². The molecule has 10 heteroatoms. The minimum atomic E-state index is -0.442. The molecule has 0 atom stereocenters. The number of benzene rings is 4. The zero-order chi connectivity index (χ0) is 31.9. The fraction of sp³-hybridized carbons (Fsp3) is 0.0833. The van der Waals surface area contributed by atoms with Gasteiger partial charge in [-0.1, -0.05) is 36.4 Å². The van der Waals surface area contributed by atoms with Crippen LogP contribution in [0, 0.1) is 18.6 Å². The monoisotopic (exact) mass is 614 g/mol. The molecule has 0 aliphatic carbocycles. The third kappa shape index (κ3) is 5.19. The van der Waals surface area contributed by atoms with Crippen molar-refractivity contribution < 1.29 is 18.3 Å². The number of hydrogen-bond acceptors (Lipinski definition) is 5. The number of halogens is 2. The lowest BCUT2D eigenvalue weighted by molar-refractivity contribution is 0.103. The number of nitrogen functional groups attached to an aromatic ring is 1. The molecule has 3 heterocycles. The standard InChI is InChI=1S/C36H28F2N6O2/c1-21-41-31-14-11-27(17-32(31)42-21)44-36(39)30(19-40-44)35(45)33-18-29(23-5-3-7-25(37)15-23)34(24-6-4-8-26(38)16-24)43(33)20-22-9-12-28(46-2)13-10-22/h3-19H,20,39H2,1-2H3,(H,41,42). The summed E-state index contributed by atoms with van der Waals surface area (Å²) in [5.74, 6) is 0.331. The first-order chi connectivity index (χ1) is 22.3. The van der Waals surface area contributed by atoms with Gasteiger partial charge in [0.15, 0.2) is 0 Å². The van der Waals surface area contributed by atoms with Crippen LogP contribution in [0.25, 0.3) is 39.1 Å². The van der Waals surface area contributed by atoms with E-state index in [1.807, 2.05) is 54.0 Å². The van der Waals surface area contributed by atoms with Gasteiger partial charge in [0.2, 0.25) is 5.78 Å². The van der Waals surface area contributed by atoms with Crippen LogP contribution in [0.2, 0.25) is 0 Å². The number of aromatic amines is 1. The summed E-state index contributed by atoms with van der Waals surface area (Å²) in [5.41, 5.74) is 12.3. The van der Waals surface area contributed by atoms with Crippen LogP contribution in [0.5, 0.6) is 5.75 Å². The second-order valence-electron chi connectivity index (χ2n) is 11.0. The molecule has 0 fully saturated rings. The van der Waals surface area contributed by atoms with Crippen molar-refractivity contribution in [2.45, 2.75) is 13.5 Å². The molecule has 0 unspecified atom stereocenters. The number of hydrogen-bond donors (Lipinski definition) is 2. The maximum absolute atomic E-state index is 14.7. The number of carbonyl (C=O) groups is 1. The summed E-state index contributed by atoms with van der Waals surface area (Å²) in [6.45, 7) is 2.12. The summed E-state index contributed by atoms with van der Waals surface area (Å²) in [4.78, 5) is 22.1. The molecule has 46 heavy (non-hydrogen) atoms. The Morgan fingerprint density at radius 2 is 1.63 bits per heavy atom. The predicted octanol–water partition coefficient (Wildman–Crippen LogP) is 7.34. The number of aryl methyl sites for hydroxylation is 1. The molecule has 3 aromatic heterocycles. The molecule has 0 aliphatic rings. The van der Waals surface area contributed by atoms with Crippen molar-refractivity contribution in [3.63, 3.8) is 0 Å². The van der Waals surface area contributed by atoms with Crippen LogP contribution >= 0.6 is 0 Å². The SMILES string of the molecule is COc1ccc(Cn2c(C(=O)c3cnn(-c4ccc5[nH]c(C)nc5c4)c3N)cc(-c3cccc(F)c3)c2-c2cccc(F)c2)cc1. The Hall–Kier alpha value is -6.03. The minimum Gasteiger partial charge on any atom is -0.497 e. The van der Waals surface area contributed by atoms with E-state index in [0.717, 1.165) is 22.4 Å². The van der Waals surface area contributed by atoms with Gasteiger partial charge in [0, 0.05) is 17.7 Å². The van der Waals surface area contributed by atoms with E-state index in [1.54, 1.807) is 37.4 Å². The van der Waals surface area contributed by atoms with Crippen molar-refractivity contribution in [1.82, 2.24) is 24.3 Å². The molecule has 7 rings (SSSR count). The van der Waals surface area contributed by atoms with Gasteiger partial charge in [0.05, 0.1) is 47.0 Å². The fourth-order valence-electron chi connectivity index (χ4n) is 5.77. The number of nitrogens with one attached hydrogen (secondary N) is 1. The fourth-order valence-corrected chi connectivity index (χ4v) is 5.77. The van der Waals surface area contributed by atoms with Crippen molar-refractivity contribution in [2.75, 3.05) is 12.8 Å². The lowest BCUT2D eigenvalue weighted by Crippen LogP contribution is -2.14. The van der Waals surface area contributed by atoms with Crippen molar-refractivity contribution >= 4 is 22.6 Å². The number of anilines is 1. The number of fused-ring (bicyclic) bond motifs is 1. The van der Waals surface area contributed by atoms with Gasteiger partial charge in [0.1, 0.15) is 29.0 Å². The van der Waals surface area contributed by atoms with Crippen LogP contribution < -0.4 is 10.5 Å². The molecule has 3 N–H and O–H groups in total. The Labute approximate surface area is 262 Å². The highest BCUT2D eigenvalue weighted by molar-refractivity contribution is 6.12. The Balaban J connectivity index is 1.41. The molecule has 7 aromatic rings. The molecule has 228 valence electrons. The number of imidazole rings is 1. The van der Waals surface area contributed by atoms with Gasteiger partial charge < -0.3 is 20.0 Å². The van der Waals surface area contributed by atoms with Crippen molar-refractivity contribution in [3.8, 4) is 33.8 Å². The number of H-pyrrole nitrogens is 1. The van der Waals surface area contributed by atoms with Crippen LogP contribution in [0.1, 0.15) is 27.4 Å². The van der Waals surface area contributed by atoms with E-state index in [0.29, 0.717) is 33.8 Å². The van der Waals surface area contributed by atoms with Gasteiger partial charge in [-0.2, -0.15) is 5.10 Å². The number of ether oxygens (including phenoxy) is 1. The number of nitrogens with zero attached hydrogens (tertiary/aromatic N) is 4. The van der Waals surface area contributed by atoms with E-state index < -0.39 is 17.4 Å². The number of ketones is 1. The second-order valence-corrected chi connectivity index (χ2v) is 11.0. The van der Waals surface area contributed by atoms with E-state index in [1.165, 1.54) is 35.1 Å². The zero-order valence-corrected chi connectivity index (χ0v) is 25.0. The highest BCUT2D eigenvalue weighted by Crippen LogP contribution is 2.38. The summed E-state index contributed by atoms with van der Waals surface area (Å²) in [7, 11) is 1.59. The Bertz CT molecular complexity index is 2250. The summed E-state index contributed by atoms with van der Waals surface area (Å²) >= 11 is 0. The molecule has 0 spiro atoms. The highest BCUT2D eigenvalue weighted by atomic mass is 19.1. The molecule has 0 saturated carbocycles. The maximum Gasteiger partial charge on any atom is 0.214 e. The van der Waals surface area contributed by atoms with E-state index in [9.17, 15) is 13.6 Å². The molecule has 8 nitrogen and oxygen atoms in total. The van der Waals surface area contributed by atoms with Gasteiger partial charge in [-0.15, -0.1) is 0 Å². The van der Waals surface area contributed by atoms with E-state index >= 15 is 0 Å². The molecule has 0 bridgehead atoms. The minimum absolute atomic E-state index is 0.147. The van der Waals surface area contributed by atoms with Crippen LogP contribution in [0.4, 0.5) is 14.6 Å². The maximum atomic E-state index is 14.7. The summed E-state index contributed by atoms with van der Waals surface area (Å²) in [6, 6.07) is 26.9. The number of aromatic nitrogens is 5. The zero-order valence-electron chi connectivity index (χ0n) is 25.0. The number of rotatable bonds is 8. The van der Waals surface area contributed by atoms with Gasteiger partial charge in [-0.3, -0.25) is 4.79 Å². The Morgan fingerprint density at radius 1 is 0.913 bits per heavy atom. The third-order valence-corrected chi connectivity index (χ3v) is 7.94. The van der Waals surface area contributed by atoms with Gasteiger partial charge >= 0.3 is 0 Å². The van der Waals surface area contributed by atoms with Gasteiger partial charge in [-0.05, 0) is 78.7 Å². The van der Waals surface area contributed by atoms with Gasteiger partial charge in [0.25, 0.3) is 0 Å². The summed E-state index contributed by atoms with van der Waals surface area (Å²) in [6.07, 6.45) is 1.44. The van der Waals surface area contributed by atoms with Gasteiger partial charge in [-0.25, -0.2) is 18.4 Å². The van der Waals surface area contributed by atoms with Crippen LogP contribution in [-0.4, -0.2) is 37.2 Å². The number of nitrogens with two attached hydrogens (primary N) is 1. The lowest BCUT2D eigenvalue weighted by Gasteiger charge is -2.15. The lowest BCUT2D eigenvalue weighted by atomic mass is 10.0. The van der Waals surface area contributed by atoms with Crippen LogP contribution in [0.15, 0.2) is 103 Å². The first-order valence-electron chi connectivity index (χ1n) is 14.5. The molecule has 4 aromatic carbocycles. The van der Waals surface area contributed by atoms with Crippen LogP contribution in [0.3, 0.4) is 0 Å². The molecule has 0 amide bonds.